The molecule has 3 unspecified atom stereocenters. The van der Waals surface area contributed by atoms with E-state index < -0.39 is 0 Å². The van der Waals surface area contributed by atoms with Crippen LogP contribution in [0, 0.1) is 17.8 Å². The third kappa shape index (κ3) is 2.75. The number of hydrogen-bond donors (Lipinski definition) is 0. The van der Waals surface area contributed by atoms with Gasteiger partial charge in [-0.25, -0.2) is 0 Å². The summed E-state index contributed by atoms with van der Waals surface area (Å²) >= 11 is 0. The second-order valence-electron chi connectivity index (χ2n) is 5.68. The van der Waals surface area contributed by atoms with Crippen molar-refractivity contribution >= 4 is 0 Å². The minimum Gasteiger partial charge on any atom is -0.303 e. The topological polar surface area (TPSA) is 3.24 Å². The maximum atomic E-state index is 2.69. The van der Waals surface area contributed by atoms with Gasteiger partial charge in [0.25, 0.3) is 0 Å². The van der Waals surface area contributed by atoms with Crippen LogP contribution < -0.4 is 0 Å². The molecular weight excluding hydrogens is 182 g/mol. The van der Waals surface area contributed by atoms with Gasteiger partial charge in [0.1, 0.15) is 0 Å². The maximum absolute atomic E-state index is 2.69. The van der Waals surface area contributed by atoms with Gasteiger partial charge in [-0.2, -0.15) is 0 Å². The molecule has 0 saturated heterocycles. The molecule has 2 bridgehead atoms. The number of unbranched alkanes of at least 4 members (excludes halogenated alkanes) is 1. The van der Waals surface area contributed by atoms with E-state index in [9.17, 15) is 0 Å². The average molecular weight is 209 g/mol. The molecule has 2 aliphatic rings. The first-order chi connectivity index (χ1) is 7.33. The highest BCUT2D eigenvalue weighted by Gasteiger charge is 2.39. The van der Waals surface area contributed by atoms with Crippen LogP contribution in [0.25, 0.3) is 0 Å². The van der Waals surface area contributed by atoms with Crippen LogP contribution in [-0.2, 0) is 0 Å². The highest BCUT2D eigenvalue weighted by atomic mass is 15.1. The van der Waals surface area contributed by atoms with E-state index in [4.69, 9.17) is 0 Å². The molecule has 2 fully saturated rings. The standard InChI is InChI=1S/C14H27N/c1-3-5-8-15(4-2)11-14-10-12-6-7-13(14)9-12/h12-14H,3-11H2,1-2H3. The number of hydrogen-bond acceptors (Lipinski definition) is 1. The summed E-state index contributed by atoms with van der Waals surface area (Å²) in [6.45, 7) is 8.61. The highest BCUT2D eigenvalue weighted by Crippen LogP contribution is 2.48. The van der Waals surface area contributed by atoms with Crippen LogP contribution in [0.5, 0.6) is 0 Å². The maximum Gasteiger partial charge on any atom is 0.00123 e. The number of fused-ring (bicyclic) bond motifs is 2. The molecule has 2 rings (SSSR count). The van der Waals surface area contributed by atoms with Gasteiger partial charge in [-0.3, -0.25) is 0 Å². The van der Waals surface area contributed by atoms with E-state index in [1.165, 1.54) is 32.5 Å². The number of nitrogens with zero attached hydrogens (tertiary/aromatic N) is 1. The van der Waals surface area contributed by atoms with Gasteiger partial charge in [0.05, 0.1) is 0 Å². The van der Waals surface area contributed by atoms with Crippen molar-refractivity contribution in [3.05, 3.63) is 0 Å². The second kappa shape index (κ2) is 5.34. The third-order valence-corrected chi connectivity index (χ3v) is 4.65. The van der Waals surface area contributed by atoms with E-state index >= 15 is 0 Å². The molecule has 0 N–H and O–H groups in total. The van der Waals surface area contributed by atoms with Crippen LogP contribution >= 0.6 is 0 Å². The lowest BCUT2D eigenvalue weighted by Crippen LogP contribution is -2.32. The van der Waals surface area contributed by atoms with Crippen molar-refractivity contribution in [1.29, 1.82) is 0 Å². The summed E-state index contributed by atoms with van der Waals surface area (Å²) in [5.41, 5.74) is 0. The van der Waals surface area contributed by atoms with E-state index in [1.807, 2.05) is 0 Å². The average Bonchev–Trinajstić information content (AvgIpc) is 2.85. The van der Waals surface area contributed by atoms with Crippen LogP contribution in [0.3, 0.4) is 0 Å². The first kappa shape index (κ1) is 11.4. The van der Waals surface area contributed by atoms with Crippen molar-refractivity contribution in [3.63, 3.8) is 0 Å². The fourth-order valence-electron chi connectivity index (χ4n) is 3.69. The Morgan fingerprint density at radius 1 is 1.13 bits per heavy atom. The molecule has 15 heavy (non-hydrogen) atoms. The Hall–Kier alpha value is -0.0400. The molecule has 3 atom stereocenters. The van der Waals surface area contributed by atoms with Crippen molar-refractivity contribution < 1.29 is 0 Å². The van der Waals surface area contributed by atoms with Crippen LogP contribution in [0.2, 0.25) is 0 Å². The molecule has 0 aromatic heterocycles. The summed E-state index contributed by atoms with van der Waals surface area (Å²) in [6.07, 6.45) is 8.92. The lowest BCUT2D eigenvalue weighted by molar-refractivity contribution is 0.195. The molecule has 2 aliphatic carbocycles. The van der Waals surface area contributed by atoms with Gasteiger partial charge in [-0.05, 0) is 56.5 Å². The molecule has 1 heteroatoms. The van der Waals surface area contributed by atoms with Crippen molar-refractivity contribution in [2.24, 2.45) is 17.8 Å². The fraction of sp³-hybridized carbons (Fsp3) is 1.00. The molecule has 2 saturated carbocycles. The zero-order valence-electron chi connectivity index (χ0n) is 10.5. The summed E-state index contributed by atoms with van der Waals surface area (Å²) in [4.78, 5) is 2.69. The van der Waals surface area contributed by atoms with Gasteiger partial charge in [-0.1, -0.05) is 26.7 Å². The molecule has 0 heterocycles. The number of rotatable bonds is 6. The van der Waals surface area contributed by atoms with Crippen LogP contribution in [-0.4, -0.2) is 24.5 Å². The SMILES string of the molecule is CCCCN(CC)CC1CC2CCC1C2. The fourth-order valence-corrected chi connectivity index (χ4v) is 3.69. The Kier molecular flexibility index (Phi) is 4.07. The first-order valence-corrected chi connectivity index (χ1v) is 7.05. The first-order valence-electron chi connectivity index (χ1n) is 7.05. The predicted octanol–water partition coefficient (Wildman–Crippen LogP) is 3.54. The molecule has 88 valence electrons. The van der Waals surface area contributed by atoms with Crippen LogP contribution in [0.4, 0.5) is 0 Å². The summed E-state index contributed by atoms with van der Waals surface area (Å²) in [6, 6.07) is 0. The van der Waals surface area contributed by atoms with E-state index in [0.717, 1.165) is 17.8 Å². The normalized spacial score (nSPS) is 34.2. The summed E-state index contributed by atoms with van der Waals surface area (Å²) in [5, 5.41) is 0. The summed E-state index contributed by atoms with van der Waals surface area (Å²) in [5.74, 6) is 3.27. The second-order valence-corrected chi connectivity index (χ2v) is 5.68. The van der Waals surface area contributed by atoms with Gasteiger partial charge in [-0.15, -0.1) is 0 Å². The Morgan fingerprint density at radius 2 is 2.00 bits per heavy atom. The lowest BCUT2D eigenvalue weighted by atomic mass is 9.88. The molecule has 0 aromatic carbocycles. The summed E-state index contributed by atoms with van der Waals surface area (Å²) < 4.78 is 0. The minimum atomic E-state index is 1.06. The summed E-state index contributed by atoms with van der Waals surface area (Å²) in [7, 11) is 0. The van der Waals surface area contributed by atoms with Crippen molar-refractivity contribution in [3.8, 4) is 0 Å². The third-order valence-electron chi connectivity index (χ3n) is 4.65. The van der Waals surface area contributed by atoms with Gasteiger partial charge >= 0.3 is 0 Å². The Labute approximate surface area is 95.2 Å². The molecule has 0 spiro atoms. The van der Waals surface area contributed by atoms with E-state index in [-0.39, 0.29) is 0 Å². The van der Waals surface area contributed by atoms with Crippen molar-refractivity contribution in [2.75, 3.05) is 19.6 Å². The van der Waals surface area contributed by atoms with Gasteiger partial charge in [0, 0.05) is 6.54 Å². The molecule has 0 aromatic rings. The zero-order chi connectivity index (χ0) is 10.7. The highest BCUT2D eigenvalue weighted by molar-refractivity contribution is 4.91. The van der Waals surface area contributed by atoms with Gasteiger partial charge < -0.3 is 4.90 Å². The van der Waals surface area contributed by atoms with Crippen molar-refractivity contribution in [1.82, 2.24) is 4.90 Å². The Bertz CT molecular complexity index is 190. The Balaban J connectivity index is 1.74. The van der Waals surface area contributed by atoms with Crippen LogP contribution in [0.15, 0.2) is 0 Å². The largest absolute Gasteiger partial charge is 0.303 e. The molecule has 0 radical (unpaired) electrons. The predicted molar refractivity (Wildman–Crippen MR) is 66.0 cm³/mol. The lowest BCUT2D eigenvalue weighted by Gasteiger charge is -2.29. The van der Waals surface area contributed by atoms with E-state index in [2.05, 4.69) is 18.7 Å². The molecule has 0 aliphatic heterocycles. The van der Waals surface area contributed by atoms with Crippen molar-refractivity contribution in [2.45, 2.75) is 52.4 Å². The molecule has 1 nitrogen and oxygen atoms in total. The van der Waals surface area contributed by atoms with Gasteiger partial charge in [0.2, 0.25) is 0 Å². The minimum absolute atomic E-state index is 1.06. The van der Waals surface area contributed by atoms with Gasteiger partial charge in [0.15, 0.2) is 0 Å². The Morgan fingerprint density at radius 3 is 2.53 bits per heavy atom. The van der Waals surface area contributed by atoms with E-state index in [1.54, 1.807) is 25.7 Å². The van der Waals surface area contributed by atoms with Crippen LogP contribution in [0.1, 0.15) is 52.4 Å². The molecular formula is C14H27N. The molecule has 0 amide bonds. The zero-order valence-corrected chi connectivity index (χ0v) is 10.5. The smallest absolute Gasteiger partial charge is 0.00123 e. The van der Waals surface area contributed by atoms with E-state index in [0.29, 0.717) is 0 Å². The quantitative estimate of drug-likeness (QED) is 0.646. The monoisotopic (exact) mass is 209 g/mol.